The largest absolute Gasteiger partial charge is 0.496 e. The van der Waals surface area contributed by atoms with E-state index in [1.54, 1.807) is 14.0 Å². The van der Waals surface area contributed by atoms with Crippen molar-refractivity contribution in [2.24, 2.45) is 0 Å². The number of carbonyl (C=O) groups is 1. The number of esters is 1. The van der Waals surface area contributed by atoms with Crippen LogP contribution in [0.15, 0.2) is 35.5 Å². The van der Waals surface area contributed by atoms with E-state index in [9.17, 15) is 4.79 Å². The van der Waals surface area contributed by atoms with Crippen LogP contribution in [0.2, 0.25) is 0 Å². The number of thiocarbonyl (C=S) groups is 1. The smallest absolute Gasteiger partial charge is 0.354 e. The van der Waals surface area contributed by atoms with E-state index in [1.165, 1.54) is 0 Å². The van der Waals surface area contributed by atoms with Gasteiger partial charge in [0.05, 0.1) is 19.8 Å². The predicted molar refractivity (Wildman–Crippen MR) is 83.9 cm³/mol. The van der Waals surface area contributed by atoms with Gasteiger partial charge < -0.3 is 20.1 Å². The predicted octanol–water partition coefficient (Wildman–Crippen LogP) is 2.05. The summed E-state index contributed by atoms with van der Waals surface area (Å²) >= 11 is 5.19. The second-order valence-corrected chi connectivity index (χ2v) is 4.96. The molecule has 112 valence electrons. The maximum absolute atomic E-state index is 12.0. The maximum atomic E-state index is 12.0. The number of methoxy groups -OCH3 is 1. The number of hydrogen-bond acceptors (Lipinski definition) is 4. The number of carbonyl (C=O) groups excluding carboxylic acids is 1. The first-order valence-corrected chi connectivity index (χ1v) is 7.07. The number of hydrogen-bond donors (Lipinski definition) is 2. The standard InChI is InChI=1S/C15H18N2O3S/c1-4-20-14(18)13-9(2)12(16-15(21)17-13)10-7-5-6-8-11(10)19-3/h5-8,12H,4H2,1-3H3,(H2,16,17,21)/t12-/m0/s1. The molecule has 6 heteroatoms. The average Bonchev–Trinajstić information content (AvgIpc) is 2.49. The second-order valence-electron chi connectivity index (χ2n) is 4.55. The van der Waals surface area contributed by atoms with Crippen LogP contribution in [0.1, 0.15) is 25.5 Å². The number of para-hydroxylation sites is 1. The highest BCUT2D eigenvalue weighted by Gasteiger charge is 2.29. The third-order valence-corrected chi connectivity index (χ3v) is 3.49. The van der Waals surface area contributed by atoms with E-state index in [2.05, 4.69) is 10.6 Å². The van der Waals surface area contributed by atoms with Crippen LogP contribution in [0.4, 0.5) is 0 Å². The lowest BCUT2D eigenvalue weighted by Crippen LogP contribution is -2.45. The minimum absolute atomic E-state index is 0.227. The molecule has 1 aliphatic rings. The molecule has 1 aliphatic heterocycles. The van der Waals surface area contributed by atoms with Gasteiger partial charge in [-0.1, -0.05) is 18.2 Å². The van der Waals surface area contributed by atoms with Gasteiger partial charge in [0, 0.05) is 5.56 Å². The summed E-state index contributed by atoms with van der Waals surface area (Å²) in [5, 5.41) is 6.42. The highest BCUT2D eigenvalue weighted by atomic mass is 32.1. The van der Waals surface area contributed by atoms with Crippen LogP contribution in [-0.2, 0) is 9.53 Å². The van der Waals surface area contributed by atoms with Crippen molar-refractivity contribution in [3.05, 3.63) is 41.1 Å². The summed E-state index contributed by atoms with van der Waals surface area (Å²) in [6, 6.07) is 7.40. The maximum Gasteiger partial charge on any atom is 0.354 e. The first-order chi connectivity index (χ1) is 10.1. The molecule has 2 rings (SSSR count). The Hall–Kier alpha value is -2.08. The summed E-state index contributed by atoms with van der Waals surface area (Å²) < 4.78 is 10.4. The zero-order valence-electron chi connectivity index (χ0n) is 12.2. The molecule has 1 heterocycles. The Morgan fingerprint density at radius 1 is 1.38 bits per heavy atom. The minimum Gasteiger partial charge on any atom is -0.496 e. The number of benzene rings is 1. The van der Waals surface area contributed by atoms with Crippen LogP contribution in [0, 0.1) is 0 Å². The van der Waals surface area contributed by atoms with E-state index in [4.69, 9.17) is 21.7 Å². The number of nitrogens with one attached hydrogen (secondary N) is 2. The van der Waals surface area contributed by atoms with Crippen molar-refractivity contribution in [3.63, 3.8) is 0 Å². The van der Waals surface area contributed by atoms with E-state index in [1.807, 2.05) is 31.2 Å². The van der Waals surface area contributed by atoms with Gasteiger partial charge in [-0.15, -0.1) is 0 Å². The highest BCUT2D eigenvalue weighted by molar-refractivity contribution is 7.80. The molecule has 0 spiro atoms. The van der Waals surface area contributed by atoms with Crippen LogP contribution in [-0.4, -0.2) is 24.8 Å². The Morgan fingerprint density at radius 3 is 2.76 bits per heavy atom. The minimum atomic E-state index is -0.404. The van der Waals surface area contributed by atoms with E-state index in [0.29, 0.717) is 17.4 Å². The molecule has 0 bridgehead atoms. The third-order valence-electron chi connectivity index (χ3n) is 3.27. The van der Waals surface area contributed by atoms with Crippen molar-refractivity contribution in [2.45, 2.75) is 19.9 Å². The molecule has 0 saturated heterocycles. The van der Waals surface area contributed by atoms with Crippen molar-refractivity contribution in [1.29, 1.82) is 0 Å². The summed E-state index contributed by atoms with van der Waals surface area (Å²) in [5.74, 6) is 0.334. The Morgan fingerprint density at radius 2 is 2.10 bits per heavy atom. The van der Waals surface area contributed by atoms with E-state index < -0.39 is 5.97 Å². The summed E-state index contributed by atoms with van der Waals surface area (Å²) in [4.78, 5) is 12.0. The summed E-state index contributed by atoms with van der Waals surface area (Å²) in [6.07, 6.45) is 0. The fraction of sp³-hybridized carbons (Fsp3) is 0.333. The molecule has 1 aromatic carbocycles. The Balaban J connectivity index is 2.45. The van der Waals surface area contributed by atoms with Crippen molar-refractivity contribution in [3.8, 4) is 5.75 Å². The number of rotatable bonds is 4. The fourth-order valence-electron chi connectivity index (χ4n) is 2.26. The molecule has 1 atom stereocenters. The Kier molecular flexibility index (Phi) is 4.80. The van der Waals surface area contributed by atoms with Crippen LogP contribution in [0.3, 0.4) is 0 Å². The molecule has 5 nitrogen and oxygen atoms in total. The lowest BCUT2D eigenvalue weighted by Gasteiger charge is -2.30. The molecule has 0 amide bonds. The normalized spacial score (nSPS) is 17.9. The molecule has 21 heavy (non-hydrogen) atoms. The van der Waals surface area contributed by atoms with Crippen LogP contribution in [0.25, 0.3) is 0 Å². The van der Waals surface area contributed by atoms with E-state index in [-0.39, 0.29) is 6.04 Å². The van der Waals surface area contributed by atoms with E-state index >= 15 is 0 Å². The highest BCUT2D eigenvalue weighted by Crippen LogP contribution is 2.32. The Labute approximate surface area is 129 Å². The average molecular weight is 306 g/mol. The SMILES string of the molecule is CCOC(=O)C1=C(C)[C@@H](c2ccccc2OC)NC(=S)N1. The first-order valence-electron chi connectivity index (χ1n) is 6.66. The van der Waals surface area contributed by atoms with Crippen molar-refractivity contribution < 1.29 is 14.3 Å². The van der Waals surface area contributed by atoms with Gasteiger partial charge in [0.2, 0.25) is 0 Å². The lowest BCUT2D eigenvalue weighted by atomic mass is 9.96. The van der Waals surface area contributed by atoms with Crippen molar-refractivity contribution in [1.82, 2.24) is 10.6 Å². The van der Waals surface area contributed by atoms with Gasteiger partial charge in [0.15, 0.2) is 5.11 Å². The fourth-order valence-corrected chi connectivity index (χ4v) is 2.48. The quantitative estimate of drug-likeness (QED) is 0.656. The molecule has 0 fully saturated rings. The monoisotopic (exact) mass is 306 g/mol. The second kappa shape index (κ2) is 6.58. The summed E-state index contributed by atoms with van der Waals surface area (Å²) in [6.45, 7) is 3.95. The van der Waals surface area contributed by atoms with Crippen molar-refractivity contribution in [2.75, 3.05) is 13.7 Å². The zero-order valence-corrected chi connectivity index (χ0v) is 13.0. The van der Waals surface area contributed by atoms with Gasteiger partial charge in [-0.25, -0.2) is 4.79 Å². The lowest BCUT2D eigenvalue weighted by molar-refractivity contribution is -0.138. The summed E-state index contributed by atoms with van der Waals surface area (Å²) in [7, 11) is 1.61. The van der Waals surface area contributed by atoms with Gasteiger partial charge in [0.25, 0.3) is 0 Å². The van der Waals surface area contributed by atoms with Gasteiger partial charge in [0.1, 0.15) is 11.4 Å². The van der Waals surface area contributed by atoms with Crippen molar-refractivity contribution >= 4 is 23.3 Å². The van der Waals surface area contributed by atoms with Gasteiger partial charge >= 0.3 is 5.97 Å². The van der Waals surface area contributed by atoms with Crippen LogP contribution in [0.5, 0.6) is 5.75 Å². The molecule has 0 aromatic heterocycles. The summed E-state index contributed by atoms with van der Waals surface area (Å²) in [5.41, 5.74) is 2.12. The van der Waals surface area contributed by atoms with Crippen LogP contribution >= 0.6 is 12.2 Å². The molecular weight excluding hydrogens is 288 g/mol. The molecule has 0 aliphatic carbocycles. The molecular formula is C15H18N2O3S. The van der Waals surface area contributed by atoms with Gasteiger partial charge in [-0.05, 0) is 37.7 Å². The molecule has 1 aromatic rings. The van der Waals surface area contributed by atoms with Gasteiger partial charge in [-0.3, -0.25) is 0 Å². The topological polar surface area (TPSA) is 59.6 Å². The molecule has 0 unspecified atom stereocenters. The molecule has 2 N–H and O–H groups in total. The first kappa shape index (κ1) is 15.3. The van der Waals surface area contributed by atoms with E-state index in [0.717, 1.165) is 16.9 Å². The number of ether oxygens (including phenoxy) is 2. The van der Waals surface area contributed by atoms with Gasteiger partial charge in [-0.2, -0.15) is 0 Å². The molecule has 0 radical (unpaired) electrons. The molecule has 0 saturated carbocycles. The zero-order chi connectivity index (χ0) is 15.4. The van der Waals surface area contributed by atoms with Crippen LogP contribution < -0.4 is 15.4 Å². The Bertz CT molecular complexity index is 598. The third kappa shape index (κ3) is 3.16.